The molecule has 2 saturated heterocycles. The number of nitrogens with zero attached hydrogens (tertiary/aromatic N) is 2. The van der Waals surface area contributed by atoms with Crippen molar-refractivity contribution in [3.8, 4) is 0 Å². The van der Waals surface area contributed by atoms with E-state index in [0.717, 1.165) is 32.1 Å². The molecule has 3 unspecified atom stereocenters. The molecule has 2 aliphatic heterocycles. The highest BCUT2D eigenvalue weighted by atomic mass is 16.4. The number of likely N-dealkylation sites (tertiary alicyclic amines) is 2. The molecule has 0 saturated carbocycles. The van der Waals surface area contributed by atoms with Crippen LogP contribution < -0.4 is 0 Å². The van der Waals surface area contributed by atoms with Gasteiger partial charge in [0.1, 0.15) is 6.04 Å². The Kier molecular flexibility index (Phi) is 5.45. The van der Waals surface area contributed by atoms with Gasteiger partial charge in [-0.2, -0.15) is 0 Å². The second-order valence-corrected chi connectivity index (χ2v) is 6.15. The van der Waals surface area contributed by atoms with E-state index in [1.165, 1.54) is 4.90 Å². The summed E-state index contributed by atoms with van der Waals surface area (Å²) in [5.74, 6) is -0.538. The van der Waals surface area contributed by atoms with E-state index in [1.807, 2.05) is 0 Å². The number of carbonyl (C=O) groups is 2. The molecule has 0 spiro atoms. The molecule has 0 radical (unpaired) electrons. The summed E-state index contributed by atoms with van der Waals surface area (Å²) < 4.78 is 0. The fourth-order valence-corrected chi connectivity index (χ4v) is 3.48. The van der Waals surface area contributed by atoms with E-state index in [1.54, 1.807) is 4.90 Å². The van der Waals surface area contributed by atoms with Gasteiger partial charge in [0.05, 0.1) is 12.6 Å². The second-order valence-electron chi connectivity index (χ2n) is 6.15. The SMILES string of the molecule is CCC1CCN(C(=O)N2CCCCC2CO)C(C(=O)O)C1. The number of carboxylic acids is 1. The van der Waals surface area contributed by atoms with Crippen molar-refractivity contribution in [2.45, 2.75) is 57.5 Å². The van der Waals surface area contributed by atoms with Gasteiger partial charge in [-0.15, -0.1) is 0 Å². The number of hydrogen-bond donors (Lipinski definition) is 2. The smallest absolute Gasteiger partial charge is 0.326 e. The van der Waals surface area contributed by atoms with E-state index >= 15 is 0 Å². The topological polar surface area (TPSA) is 81.1 Å². The van der Waals surface area contributed by atoms with Crippen molar-refractivity contribution < 1.29 is 19.8 Å². The van der Waals surface area contributed by atoms with Crippen LogP contribution in [0.5, 0.6) is 0 Å². The number of aliphatic carboxylic acids is 1. The molecule has 6 heteroatoms. The number of piperidine rings is 2. The van der Waals surface area contributed by atoms with Gasteiger partial charge >= 0.3 is 12.0 Å². The molecular weight excluding hydrogens is 272 g/mol. The molecule has 0 bridgehead atoms. The normalized spacial score (nSPS) is 30.3. The first-order chi connectivity index (χ1) is 10.1. The fraction of sp³-hybridized carbons (Fsp3) is 0.867. The highest BCUT2D eigenvalue weighted by molar-refractivity contribution is 5.83. The molecule has 2 heterocycles. The van der Waals surface area contributed by atoms with Gasteiger partial charge < -0.3 is 20.0 Å². The number of carbonyl (C=O) groups excluding carboxylic acids is 1. The lowest BCUT2D eigenvalue weighted by molar-refractivity contribution is -0.144. The van der Waals surface area contributed by atoms with Crippen LogP contribution in [0.3, 0.4) is 0 Å². The summed E-state index contributed by atoms with van der Waals surface area (Å²) in [5, 5.41) is 18.9. The average Bonchev–Trinajstić information content (AvgIpc) is 2.53. The number of aliphatic hydroxyl groups excluding tert-OH is 1. The monoisotopic (exact) mass is 298 g/mol. The summed E-state index contributed by atoms with van der Waals surface area (Å²) in [6.45, 7) is 3.13. The molecule has 120 valence electrons. The molecule has 2 fully saturated rings. The van der Waals surface area contributed by atoms with E-state index in [9.17, 15) is 19.8 Å². The van der Waals surface area contributed by atoms with Gasteiger partial charge in [-0.3, -0.25) is 0 Å². The van der Waals surface area contributed by atoms with Crippen LogP contribution in [0, 0.1) is 5.92 Å². The first-order valence-corrected chi connectivity index (χ1v) is 7.99. The summed E-state index contributed by atoms with van der Waals surface area (Å²) >= 11 is 0. The van der Waals surface area contributed by atoms with Gasteiger partial charge in [-0.05, 0) is 38.0 Å². The van der Waals surface area contributed by atoms with Gasteiger partial charge in [0.25, 0.3) is 0 Å². The molecule has 21 heavy (non-hydrogen) atoms. The van der Waals surface area contributed by atoms with Crippen molar-refractivity contribution in [2.75, 3.05) is 19.7 Å². The highest BCUT2D eigenvalue weighted by Gasteiger charge is 2.39. The lowest BCUT2D eigenvalue weighted by Gasteiger charge is -2.43. The second kappa shape index (κ2) is 7.11. The Morgan fingerprint density at radius 1 is 1.14 bits per heavy atom. The number of amides is 2. The number of rotatable bonds is 3. The molecule has 0 aromatic carbocycles. The minimum atomic E-state index is -0.918. The largest absolute Gasteiger partial charge is 0.480 e. The molecule has 3 atom stereocenters. The van der Waals surface area contributed by atoms with Gasteiger partial charge in [-0.25, -0.2) is 9.59 Å². The maximum absolute atomic E-state index is 12.7. The fourth-order valence-electron chi connectivity index (χ4n) is 3.48. The summed E-state index contributed by atoms with van der Waals surface area (Å²) in [5.41, 5.74) is 0. The summed E-state index contributed by atoms with van der Waals surface area (Å²) in [7, 11) is 0. The molecule has 2 rings (SSSR count). The Bertz CT molecular complexity index is 388. The van der Waals surface area contributed by atoms with Crippen molar-refractivity contribution in [1.82, 2.24) is 9.80 Å². The van der Waals surface area contributed by atoms with E-state index in [-0.39, 0.29) is 18.7 Å². The van der Waals surface area contributed by atoms with Crippen LogP contribution in [0.25, 0.3) is 0 Å². The molecule has 0 aromatic rings. The quantitative estimate of drug-likeness (QED) is 0.828. The first-order valence-electron chi connectivity index (χ1n) is 7.99. The third-order valence-corrected chi connectivity index (χ3v) is 4.90. The minimum Gasteiger partial charge on any atom is -0.480 e. The van der Waals surface area contributed by atoms with Crippen molar-refractivity contribution in [1.29, 1.82) is 0 Å². The molecule has 2 aliphatic rings. The van der Waals surface area contributed by atoms with Crippen molar-refractivity contribution in [3.05, 3.63) is 0 Å². The van der Waals surface area contributed by atoms with Gasteiger partial charge in [0, 0.05) is 13.1 Å². The van der Waals surface area contributed by atoms with Crippen LogP contribution in [0.4, 0.5) is 4.79 Å². The Hall–Kier alpha value is -1.30. The minimum absolute atomic E-state index is 0.0467. The Balaban J connectivity index is 2.10. The van der Waals surface area contributed by atoms with E-state index < -0.39 is 12.0 Å². The molecular formula is C15H26N2O4. The molecule has 2 amide bonds. The number of carboxylic acid groups (broad SMARTS) is 1. The van der Waals surface area contributed by atoms with E-state index in [4.69, 9.17) is 0 Å². The van der Waals surface area contributed by atoms with Crippen LogP contribution in [0.1, 0.15) is 45.4 Å². The van der Waals surface area contributed by atoms with Gasteiger partial charge in [0.15, 0.2) is 0 Å². The van der Waals surface area contributed by atoms with Crippen LogP contribution in [0.2, 0.25) is 0 Å². The zero-order valence-electron chi connectivity index (χ0n) is 12.7. The predicted molar refractivity (Wildman–Crippen MR) is 78.0 cm³/mol. The summed E-state index contributed by atoms with van der Waals surface area (Å²) in [4.78, 5) is 27.4. The summed E-state index contributed by atoms with van der Waals surface area (Å²) in [6.07, 6.45) is 5.08. The Morgan fingerprint density at radius 3 is 2.52 bits per heavy atom. The van der Waals surface area contributed by atoms with Crippen LogP contribution in [0.15, 0.2) is 0 Å². The van der Waals surface area contributed by atoms with Crippen molar-refractivity contribution >= 4 is 12.0 Å². The van der Waals surface area contributed by atoms with Crippen LogP contribution in [-0.2, 0) is 4.79 Å². The Morgan fingerprint density at radius 2 is 1.90 bits per heavy atom. The standard InChI is InChI=1S/C15H26N2O4/c1-2-11-6-8-17(13(9-11)14(19)20)15(21)16-7-4-3-5-12(16)10-18/h11-13,18H,2-10H2,1H3,(H,19,20). The zero-order chi connectivity index (χ0) is 15.4. The zero-order valence-corrected chi connectivity index (χ0v) is 12.7. The number of aliphatic hydroxyl groups is 1. The number of urea groups is 1. The number of hydrogen-bond acceptors (Lipinski definition) is 3. The third-order valence-electron chi connectivity index (χ3n) is 4.90. The Labute approximate surface area is 125 Å². The molecule has 0 aromatic heterocycles. The van der Waals surface area contributed by atoms with Gasteiger partial charge in [-0.1, -0.05) is 13.3 Å². The predicted octanol–water partition coefficient (Wildman–Crippen LogP) is 1.53. The molecule has 2 N–H and O–H groups in total. The van der Waals surface area contributed by atoms with Gasteiger partial charge in [0.2, 0.25) is 0 Å². The highest BCUT2D eigenvalue weighted by Crippen LogP contribution is 2.28. The van der Waals surface area contributed by atoms with Crippen molar-refractivity contribution in [2.24, 2.45) is 5.92 Å². The van der Waals surface area contributed by atoms with Crippen LogP contribution >= 0.6 is 0 Å². The third kappa shape index (κ3) is 3.48. The first kappa shape index (κ1) is 16.1. The van der Waals surface area contributed by atoms with E-state index in [2.05, 4.69) is 6.92 Å². The maximum Gasteiger partial charge on any atom is 0.326 e. The summed E-state index contributed by atoms with van der Waals surface area (Å²) in [6, 6.07) is -1.10. The molecule has 0 aliphatic carbocycles. The lowest BCUT2D eigenvalue weighted by atomic mass is 9.89. The molecule has 6 nitrogen and oxygen atoms in total. The maximum atomic E-state index is 12.7. The van der Waals surface area contributed by atoms with Crippen LogP contribution in [-0.4, -0.2) is 63.8 Å². The lowest BCUT2D eigenvalue weighted by Crippen LogP contribution is -2.58. The van der Waals surface area contributed by atoms with Crippen molar-refractivity contribution in [3.63, 3.8) is 0 Å². The van der Waals surface area contributed by atoms with E-state index in [0.29, 0.717) is 25.4 Å². The average molecular weight is 298 g/mol.